The molecule has 1 saturated carbocycles. The summed E-state index contributed by atoms with van der Waals surface area (Å²) in [5.41, 5.74) is 5.66. The minimum atomic E-state index is -0.404. The van der Waals surface area contributed by atoms with Crippen LogP contribution in [0.1, 0.15) is 52.9 Å². The Morgan fingerprint density at radius 1 is 1.42 bits per heavy atom. The molecule has 2 aliphatic rings. The molecule has 0 bridgehead atoms. The van der Waals surface area contributed by atoms with Gasteiger partial charge in [0.2, 0.25) is 0 Å². The van der Waals surface area contributed by atoms with Crippen molar-refractivity contribution in [2.24, 2.45) is 17.1 Å². The van der Waals surface area contributed by atoms with Crippen molar-refractivity contribution in [1.29, 1.82) is 0 Å². The van der Waals surface area contributed by atoms with Gasteiger partial charge in [0.1, 0.15) is 5.60 Å². The van der Waals surface area contributed by atoms with Crippen LogP contribution in [-0.4, -0.2) is 36.2 Å². The summed E-state index contributed by atoms with van der Waals surface area (Å²) >= 11 is 0. The molecule has 2 rings (SSSR count). The predicted octanol–water partition coefficient (Wildman–Crippen LogP) is 2.76. The van der Waals surface area contributed by atoms with Crippen molar-refractivity contribution in [3.63, 3.8) is 0 Å². The average molecular weight is 268 g/mol. The van der Waals surface area contributed by atoms with Crippen molar-refractivity contribution in [1.82, 2.24) is 4.90 Å². The molecule has 1 spiro atoms. The molecule has 1 saturated heterocycles. The van der Waals surface area contributed by atoms with Crippen molar-refractivity contribution in [2.75, 3.05) is 19.6 Å². The minimum absolute atomic E-state index is 0.150. The first kappa shape index (κ1) is 14.6. The lowest BCUT2D eigenvalue weighted by atomic mass is 9.75. The zero-order chi connectivity index (χ0) is 14.1. The van der Waals surface area contributed by atoms with E-state index in [2.05, 4.69) is 0 Å². The molecular weight excluding hydrogens is 240 g/mol. The molecule has 110 valence electrons. The number of amides is 1. The summed E-state index contributed by atoms with van der Waals surface area (Å²) in [6.07, 6.45) is 5.88. The van der Waals surface area contributed by atoms with Crippen molar-refractivity contribution >= 4 is 6.09 Å². The molecule has 1 heterocycles. The second-order valence-electron chi connectivity index (χ2n) is 7.18. The second-order valence-corrected chi connectivity index (χ2v) is 7.18. The van der Waals surface area contributed by atoms with E-state index in [0.717, 1.165) is 32.5 Å². The standard InChI is InChI=1S/C15H28N2O2/c1-14(2,3)19-13(18)17-10-8-15(11-17)7-4-5-12(15)6-9-16/h12H,4-11,16H2,1-3H3. The third kappa shape index (κ3) is 3.22. The SMILES string of the molecule is CC(C)(C)OC(=O)N1CCC2(CCCC2CCN)C1. The van der Waals surface area contributed by atoms with Crippen molar-refractivity contribution in [2.45, 2.75) is 58.5 Å². The molecule has 0 radical (unpaired) electrons. The number of likely N-dealkylation sites (tertiary alicyclic amines) is 1. The lowest BCUT2D eigenvalue weighted by Gasteiger charge is -2.31. The van der Waals surface area contributed by atoms with Crippen molar-refractivity contribution in [3.05, 3.63) is 0 Å². The summed E-state index contributed by atoms with van der Waals surface area (Å²) in [5.74, 6) is 0.699. The van der Waals surface area contributed by atoms with E-state index in [1.54, 1.807) is 0 Å². The first-order valence-corrected chi connectivity index (χ1v) is 7.54. The van der Waals surface area contributed by atoms with Gasteiger partial charge in [-0.3, -0.25) is 0 Å². The summed E-state index contributed by atoms with van der Waals surface area (Å²) in [6, 6.07) is 0. The maximum absolute atomic E-state index is 12.1. The Balaban J connectivity index is 1.97. The van der Waals surface area contributed by atoms with E-state index >= 15 is 0 Å². The van der Waals surface area contributed by atoms with Gasteiger partial charge in [-0.25, -0.2) is 4.79 Å². The topological polar surface area (TPSA) is 55.6 Å². The van der Waals surface area contributed by atoms with Crippen LogP contribution in [0.3, 0.4) is 0 Å². The molecule has 19 heavy (non-hydrogen) atoms. The molecule has 2 N–H and O–H groups in total. The molecule has 2 fully saturated rings. The molecular formula is C15H28N2O2. The number of ether oxygens (including phenoxy) is 1. The van der Waals surface area contributed by atoms with Crippen LogP contribution >= 0.6 is 0 Å². The van der Waals surface area contributed by atoms with Gasteiger partial charge < -0.3 is 15.4 Å². The summed E-state index contributed by atoms with van der Waals surface area (Å²) in [6.45, 7) is 8.23. The van der Waals surface area contributed by atoms with Crippen LogP contribution < -0.4 is 5.73 Å². The van der Waals surface area contributed by atoms with Crippen molar-refractivity contribution < 1.29 is 9.53 Å². The normalized spacial score (nSPS) is 31.2. The Bertz CT molecular complexity index is 338. The van der Waals surface area contributed by atoms with E-state index < -0.39 is 5.60 Å². The summed E-state index contributed by atoms with van der Waals surface area (Å²) < 4.78 is 5.48. The number of carbonyl (C=O) groups is 1. The van der Waals surface area contributed by atoms with Gasteiger partial charge in [-0.15, -0.1) is 0 Å². The van der Waals surface area contributed by atoms with Gasteiger partial charge in [0, 0.05) is 13.1 Å². The largest absolute Gasteiger partial charge is 0.444 e. The molecule has 0 aromatic carbocycles. The fraction of sp³-hybridized carbons (Fsp3) is 0.933. The van der Waals surface area contributed by atoms with Gasteiger partial charge in [-0.2, -0.15) is 0 Å². The van der Waals surface area contributed by atoms with Crippen LogP contribution in [0.25, 0.3) is 0 Å². The van der Waals surface area contributed by atoms with E-state index in [1.807, 2.05) is 25.7 Å². The highest BCUT2D eigenvalue weighted by Crippen LogP contribution is 2.51. The highest BCUT2D eigenvalue weighted by Gasteiger charge is 2.48. The Morgan fingerprint density at radius 2 is 2.16 bits per heavy atom. The molecule has 1 amide bonds. The van der Waals surface area contributed by atoms with Crippen LogP contribution in [-0.2, 0) is 4.74 Å². The predicted molar refractivity (Wildman–Crippen MR) is 75.9 cm³/mol. The molecule has 0 aromatic rings. The highest BCUT2D eigenvalue weighted by atomic mass is 16.6. The molecule has 1 aliphatic heterocycles. The molecule has 4 heteroatoms. The monoisotopic (exact) mass is 268 g/mol. The number of hydrogen-bond acceptors (Lipinski definition) is 3. The highest BCUT2D eigenvalue weighted by molar-refractivity contribution is 5.68. The summed E-state index contributed by atoms with van der Waals surface area (Å²) in [7, 11) is 0. The van der Waals surface area contributed by atoms with E-state index in [-0.39, 0.29) is 6.09 Å². The number of carbonyl (C=O) groups excluding carboxylic acids is 1. The van der Waals surface area contributed by atoms with E-state index in [4.69, 9.17) is 10.5 Å². The molecule has 1 aliphatic carbocycles. The third-order valence-electron chi connectivity index (χ3n) is 4.65. The fourth-order valence-electron chi connectivity index (χ4n) is 3.78. The van der Waals surface area contributed by atoms with Crippen LogP contribution in [0.5, 0.6) is 0 Å². The maximum atomic E-state index is 12.1. The van der Waals surface area contributed by atoms with Gasteiger partial charge in [0.05, 0.1) is 0 Å². The number of nitrogens with two attached hydrogens (primary N) is 1. The quantitative estimate of drug-likeness (QED) is 0.838. The van der Waals surface area contributed by atoms with Gasteiger partial charge in [-0.05, 0) is 64.3 Å². The summed E-state index contributed by atoms with van der Waals surface area (Å²) in [5, 5.41) is 0. The number of rotatable bonds is 2. The Labute approximate surface area is 116 Å². The average Bonchev–Trinajstić information content (AvgIpc) is 2.87. The minimum Gasteiger partial charge on any atom is -0.444 e. The Kier molecular flexibility index (Phi) is 4.09. The Hall–Kier alpha value is -0.770. The third-order valence-corrected chi connectivity index (χ3v) is 4.65. The van der Waals surface area contributed by atoms with Crippen molar-refractivity contribution in [3.8, 4) is 0 Å². The van der Waals surface area contributed by atoms with Gasteiger partial charge in [0.25, 0.3) is 0 Å². The lowest BCUT2D eigenvalue weighted by molar-refractivity contribution is 0.0261. The Morgan fingerprint density at radius 3 is 2.79 bits per heavy atom. The molecule has 2 unspecified atom stereocenters. The van der Waals surface area contributed by atoms with Crippen LogP contribution in [0, 0.1) is 11.3 Å². The van der Waals surface area contributed by atoms with Gasteiger partial charge in [-0.1, -0.05) is 6.42 Å². The fourth-order valence-corrected chi connectivity index (χ4v) is 3.78. The summed E-state index contributed by atoms with van der Waals surface area (Å²) in [4.78, 5) is 14.0. The second kappa shape index (κ2) is 5.31. The molecule has 2 atom stereocenters. The zero-order valence-electron chi connectivity index (χ0n) is 12.6. The molecule has 4 nitrogen and oxygen atoms in total. The van der Waals surface area contributed by atoms with E-state index in [9.17, 15) is 4.79 Å². The molecule has 0 aromatic heterocycles. The van der Waals surface area contributed by atoms with E-state index in [0.29, 0.717) is 11.3 Å². The number of hydrogen-bond donors (Lipinski definition) is 1. The van der Waals surface area contributed by atoms with Gasteiger partial charge >= 0.3 is 6.09 Å². The first-order chi connectivity index (χ1) is 8.86. The van der Waals surface area contributed by atoms with Crippen LogP contribution in [0.4, 0.5) is 4.79 Å². The van der Waals surface area contributed by atoms with Gasteiger partial charge in [0.15, 0.2) is 0 Å². The zero-order valence-corrected chi connectivity index (χ0v) is 12.6. The van der Waals surface area contributed by atoms with Crippen LogP contribution in [0.15, 0.2) is 0 Å². The van der Waals surface area contributed by atoms with E-state index in [1.165, 1.54) is 19.3 Å². The number of nitrogens with zero attached hydrogens (tertiary/aromatic N) is 1. The smallest absolute Gasteiger partial charge is 0.410 e. The first-order valence-electron chi connectivity index (χ1n) is 7.54. The maximum Gasteiger partial charge on any atom is 0.410 e. The van der Waals surface area contributed by atoms with Crippen LogP contribution in [0.2, 0.25) is 0 Å². The lowest BCUT2D eigenvalue weighted by Crippen LogP contribution is -2.38.